The summed E-state index contributed by atoms with van der Waals surface area (Å²) in [7, 11) is 0. The van der Waals surface area contributed by atoms with Crippen LogP contribution in [0, 0.1) is 0 Å². The number of aromatic nitrogens is 2. The molecular weight excluding hydrogens is 252 g/mol. The zero-order chi connectivity index (χ0) is 14.2. The Bertz CT molecular complexity index is 709. The molecule has 3 aromatic rings. The minimum absolute atomic E-state index is 0.157. The van der Waals surface area contributed by atoms with Gasteiger partial charge in [-0.15, -0.1) is 6.42 Å². The Morgan fingerprint density at radius 1 is 1.00 bits per heavy atom. The lowest BCUT2D eigenvalue weighted by Crippen LogP contribution is -2.04. The van der Waals surface area contributed by atoms with Gasteiger partial charge in [0.05, 0.1) is 0 Å². The van der Waals surface area contributed by atoms with E-state index in [1.807, 2.05) is 55.1 Å². The molecule has 0 saturated heterocycles. The van der Waals surface area contributed by atoms with Crippen molar-refractivity contribution in [1.29, 1.82) is 0 Å². The van der Waals surface area contributed by atoms with Gasteiger partial charge < -0.3 is 9.78 Å². The molecular formula is C16H14N2O2. The van der Waals surface area contributed by atoms with Crippen LogP contribution in [0.5, 0.6) is 0 Å². The van der Waals surface area contributed by atoms with Crippen molar-refractivity contribution in [2.75, 3.05) is 0 Å². The van der Waals surface area contributed by atoms with Gasteiger partial charge in [-0.05, 0) is 11.5 Å². The van der Waals surface area contributed by atoms with Crippen molar-refractivity contribution in [2.24, 2.45) is 0 Å². The van der Waals surface area contributed by atoms with E-state index in [-0.39, 0.29) is 12.0 Å². The molecule has 3 rings (SSSR count). The van der Waals surface area contributed by atoms with E-state index < -0.39 is 0 Å². The van der Waals surface area contributed by atoms with E-state index in [4.69, 9.17) is 0 Å². The third-order valence-corrected chi connectivity index (χ3v) is 2.72. The van der Waals surface area contributed by atoms with Crippen LogP contribution in [-0.2, 0) is 11.2 Å². The fourth-order valence-corrected chi connectivity index (χ4v) is 1.81. The van der Waals surface area contributed by atoms with Crippen molar-refractivity contribution in [2.45, 2.75) is 6.42 Å². The Labute approximate surface area is 116 Å². The molecule has 0 unspecified atom stereocenters. The lowest BCUT2D eigenvalue weighted by atomic mass is 10.1. The van der Waals surface area contributed by atoms with Crippen molar-refractivity contribution in [1.82, 2.24) is 4.98 Å². The molecule has 100 valence electrons. The Morgan fingerprint density at radius 2 is 1.80 bits per heavy atom. The SMILES string of the molecule is O=[C-]Cc1cccc2ccc(=O)[nH]c12.c1cc[nH+]cc1. The largest absolute Gasteiger partial charge is 0.541 e. The number of carbonyl (C=O) groups excluding carboxylic acids is 1. The van der Waals surface area contributed by atoms with E-state index in [9.17, 15) is 9.59 Å². The highest BCUT2D eigenvalue weighted by molar-refractivity contribution is 5.83. The molecule has 0 radical (unpaired) electrons. The van der Waals surface area contributed by atoms with Crippen molar-refractivity contribution < 1.29 is 9.78 Å². The van der Waals surface area contributed by atoms with Crippen molar-refractivity contribution in [3.63, 3.8) is 0 Å². The summed E-state index contributed by atoms with van der Waals surface area (Å²) in [5.74, 6) is 0. The van der Waals surface area contributed by atoms with Crippen LogP contribution in [0.3, 0.4) is 0 Å². The molecule has 0 aliphatic heterocycles. The number of hydrogen-bond acceptors (Lipinski definition) is 2. The first-order chi connectivity index (χ1) is 9.81. The monoisotopic (exact) mass is 266 g/mol. The molecule has 0 atom stereocenters. The van der Waals surface area contributed by atoms with Crippen LogP contribution in [0.25, 0.3) is 10.9 Å². The van der Waals surface area contributed by atoms with Gasteiger partial charge in [0.25, 0.3) is 0 Å². The zero-order valence-electron chi connectivity index (χ0n) is 10.8. The number of hydrogen-bond donors (Lipinski definition) is 1. The number of nitrogens with one attached hydrogen (secondary N) is 2. The van der Waals surface area contributed by atoms with Crippen molar-refractivity contribution in [3.8, 4) is 0 Å². The fraction of sp³-hybridized carbons (Fsp3) is 0.0625. The summed E-state index contributed by atoms with van der Waals surface area (Å²) in [4.78, 5) is 27.0. The quantitative estimate of drug-likeness (QED) is 0.717. The number of para-hydroxylation sites is 1. The number of rotatable bonds is 2. The molecule has 1 aromatic carbocycles. The first-order valence-electron chi connectivity index (χ1n) is 6.18. The summed E-state index contributed by atoms with van der Waals surface area (Å²) in [6.45, 7) is 0. The number of aromatic amines is 2. The van der Waals surface area contributed by atoms with Gasteiger partial charge in [0.2, 0.25) is 5.56 Å². The maximum absolute atomic E-state index is 11.1. The van der Waals surface area contributed by atoms with Crippen LogP contribution in [-0.4, -0.2) is 11.3 Å². The lowest BCUT2D eigenvalue weighted by Gasteiger charge is -2.05. The van der Waals surface area contributed by atoms with Gasteiger partial charge in [-0.3, -0.25) is 11.1 Å². The minimum Gasteiger partial charge on any atom is -0.541 e. The minimum atomic E-state index is -0.157. The smallest absolute Gasteiger partial charge is 0.248 e. The van der Waals surface area contributed by atoms with Gasteiger partial charge in [0.15, 0.2) is 12.4 Å². The third-order valence-electron chi connectivity index (χ3n) is 2.72. The number of H-pyrrole nitrogens is 2. The average Bonchev–Trinajstić information content (AvgIpc) is 2.51. The maximum atomic E-state index is 11.1. The van der Waals surface area contributed by atoms with E-state index in [0.717, 1.165) is 16.5 Å². The molecule has 0 aliphatic rings. The molecule has 2 heterocycles. The molecule has 4 heteroatoms. The van der Waals surface area contributed by atoms with Gasteiger partial charge in [-0.1, -0.05) is 29.8 Å². The second-order valence-electron chi connectivity index (χ2n) is 4.10. The van der Waals surface area contributed by atoms with Crippen LogP contribution >= 0.6 is 0 Å². The van der Waals surface area contributed by atoms with Crippen LogP contribution in [0.15, 0.2) is 65.7 Å². The molecule has 2 aromatic heterocycles. The highest BCUT2D eigenvalue weighted by atomic mass is 16.1. The second-order valence-corrected chi connectivity index (χ2v) is 4.10. The van der Waals surface area contributed by atoms with Gasteiger partial charge in [0.1, 0.15) is 0 Å². The molecule has 0 spiro atoms. The van der Waals surface area contributed by atoms with E-state index in [2.05, 4.69) is 9.97 Å². The summed E-state index contributed by atoms with van der Waals surface area (Å²) in [6, 6.07) is 14.6. The topological polar surface area (TPSA) is 64.1 Å². The van der Waals surface area contributed by atoms with Gasteiger partial charge in [-0.2, -0.15) is 0 Å². The van der Waals surface area contributed by atoms with Gasteiger partial charge >= 0.3 is 0 Å². The average molecular weight is 266 g/mol. The predicted octanol–water partition coefficient (Wildman–Crippen LogP) is 1.68. The highest BCUT2D eigenvalue weighted by Crippen LogP contribution is 2.14. The summed E-state index contributed by atoms with van der Waals surface area (Å²) in [5, 5.41) is 0.928. The van der Waals surface area contributed by atoms with Crippen molar-refractivity contribution >= 4 is 17.2 Å². The Morgan fingerprint density at radius 3 is 2.40 bits per heavy atom. The molecule has 20 heavy (non-hydrogen) atoms. The van der Waals surface area contributed by atoms with E-state index in [1.165, 1.54) is 6.07 Å². The van der Waals surface area contributed by atoms with Crippen LogP contribution in [0.2, 0.25) is 0 Å². The first-order valence-corrected chi connectivity index (χ1v) is 6.18. The molecule has 0 amide bonds. The molecule has 0 fully saturated rings. The van der Waals surface area contributed by atoms with Crippen LogP contribution in [0.1, 0.15) is 5.56 Å². The lowest BCUT2D eigenvalue weighted by molar-refractivity contribution is -0.377. The summed E-state index contributed by atoms with van der Waals surface area (Å²) < 4.78 is 0. The molecule has 2 N–H and O–H groups in total. The maximum Gasteiger partial charge on any atom is 0.248 e. The van der Waals surface area contributed by atoms with Gasteiger partial charge in [0, 0.05) is 23.7 Å². The Balaban J connectivity index is 0.000000205. The van der Waals surface area contributed by atoms with Crippen molar-refractivity contribution in [3.05, 3.63) is 76.8 Å². The molecule has 0 aliphatic carbocycles. The molecule has 4 nitrogen and oxygen atoms in total. The van der Waals surface area contributed by atoms with Crippen LogP contribution < -0.4 is 10.5 Å². The Kier molecular flexibility index (Phi) is 4.78. The molecule has 0 bridgehead atoms. The summed E-state index contributed by atoms with van der Waals surface area (Å²) >= 11 is 0. The predicted molar refractivity (Wildman–Crippen MR) is 77.0 cm³/mol. The van der Waals surface area contributed by atoms with E-state index in [1.54, 1.807) is 6.07 Å². The number of benzene rings is 1. The molecule has 0 saturated carbocycles. The standard InChI is InChI=1S/C11H8NO2.C5H5N/c13-7-6-9-3-1-2-8-4-5-10(14)12-11(8)9;1-2-4-6-5-3-1/h1-5H,6H2,(H,12,14);1-5H/q-1;/p+1. The number of pyridine rings is 2. The second kappa shape index (κ2) is 6.99. The first kappa shape index (κ1) is 13.7. The third kappa shape index (κ3) is 3.62. The highest BCUT2D eigenvalue weighted by Gasteiger charge is 1.97. The van der Waals surface area contributed by atoms with Crippen LogP contribution in [0.4, 0.5) is 0 Å². The zero-order valence-corrected chi connectivity index (χ0v) is 10.8. The van der Waals surface area contributed by atoms with E-state index in [0.29, 0.717) is 0 Å². The Hall–Kier alpha value is -2.75. The summed E-state index contributed by atoms with van der Waals surface area (Å²) in [5.41, 5.74) is 1.37. The summed E-state index contributed by atoms with van der Waals surface area (Å²) in [6.07, 6.45) is 5.78. The fourth-order valence-electron chi connectivity index (χ4n) is 1.81. The van der Waals surface area contributed by atoms with E-state index >= 15 is 0 Å². The normalized spacial score (nSPS) is 9.60. The van der Waals surface area contributed by atoms with Gasteiger partial charge in [-0.25, -0.2) is 4.98 Å². The number of fused-ring (bicyclic) bond motifs is 1.